The number of benzene rings is 3. The number of halogens is 2. The average Bonchev–Trinajstić information content (AvgIpc) is 3.00. The zero-order chi connectivity index (χ0) is 32.6. The minimum atomic E-state index is -3.61. The largest absolute Gasteiger partial charge is 0.352 e. The number of nitrogens with one attached hydrogen (secondary N) is 1. The smallest absolute Gasteiger partial charge is 0.243 e. The lowest BCUT2D eigenvalue weighted by Gasteiger charge is -2.34. The molecule has 1 aliphatic carbocycles. The normalized spacial score (nSPS) is 14.5. The first kappa shape index (κ1) is 34.8. The molecule has 0 aliphatic heterocycles. The molecule has 4 rings (SSSR count). The van der Waals surface area contributed by atoms with Crippen LogP contribution in [0.25, 0.3) is 0 Å². The van der Waals surface area contributed by atoms with Gasteiger partial charge in [-0.1, -0.05) is 91.0 Å². The van der Waals surface area contributed by atoms with Gasteiger partial charge in [0.2, 0.25) is 21.8 Å². The van der Waals surface area contributed by atoms with E-state index in [2.05, 4.69) is 5.32 Å². The van der Waals surface area contributed by atoms with E-state index in [1.165, 1.54) is 10.6 Å². The molecule has 1 N–H and O–H groups in total. The molecule has 0 bridgehead atoms. The highest BCUT2D eigenvalue weighted by Crippen LogP contribution is 2.29. The standard InChI is InChI=1S/C35H43Cl2N3O4S/c1-25-19-20-26(2)32(22-25)40(45(3,43)44)21-11-18-34(41)39(24-29-30(36)16-10-17-31(29)37)33(23-27-12-6-4-7-13-27)35(42)38-28-14-8-5-9-15-28/h4,6-7,10,12-13,16-17,19-20,22,28,33H,5,8-9,11,14-15,18,21,23-24H2,1-3H3,(H,38,42). The number of aryl methyl sites for hydroxylation is 2. The minimum absolute atomic E-state index is 0.0287. The third-order valence-electron chi connectivity index (χ3n) is 8.40. The maximum atomic E-state index is 14.2. The Morgan fingerprint density at radius 2 is 1.60 bits per heavy atom. The van der Waals surface area contributed by atoms with Crippen LogP contribution in [0.1, 0.15) is 67.2 Å². The molecule has 0 heterocycles. The Kier molecular flexibility index (Phi) is 12.3. The van der Waals surface area contributed by atoms with Crippen molar-refractivity contribution in [2.45, 2.75) is 83.8 Å². The van der Waals surface area contributed by atoms with Crippen LogP contribution in [0, 0.1) is 13.8 Å². The molecule has 10 heteroatoms. The molecule has 3 aromatic carbocycles. The van der Waals surface area contributed by atoms with Gasteiger partial charge in [-0.25, -0.2) is 8.42 Å². The van der Waals surface area contributed by atoms with Crippen molar-refractivity contribution in [2.24, 2.45) is 0 Å². The van der Waals surface area contributed by atoms with Crippen LogP contribution in [0.5, 0.6) is 0 Å². The topological polar surface area (TPSA) is 86.8 Å². The molecule has 1 aliphatic rings. The van der Waals surface area contributed by atoms with E-state index in [0.717, 1.165) is 48.8 Å². The molecule has 45 heavy (non-hydrogen) atoms. The summed E-state index contributed by atoms with van der Waals surface area (Å²) in [5.74, 6) is -0.490. The zero-order valence-electron chi connectivity index (χ0n) is 26.3. The van der Waals surface area contributed by atoms with Crippen LogP contribution in [0.4, 0.5) is 5.69 Å². The highest BCUT2D eigenvalue weighted by atomic mass is 35.5. The Labute approximate surface area is 278 Å². The molecule has 2 amide bonds. The number of carbonyl (C=O) groups is 2. The van der Waals surface area contributed by atoms with Crippen LogP contribution >= 0.6 is 23.2 Å². The van der Waals surface area contributed by atoms with Crippen LogP contribution in [-0.4, -0.2) is 50.0 Å². The molecule has 1 fully saturated rings. The number of nitrogens with zero attached hydrogens (tertiary/aromatic N) is 2. The molecular formula is C35H43Cl2N3O4S. The van der Waals surface area contributed by atoms with E-state index >= 15 is 0 Å². The van der Waals surface area contributed by atoms with Crippen LogP contribution in [-0.2, 0) is 32.6 Å². The van der Waals surface area contributed by atoms with Crippen molar-refractivity contribution in [1.82, 2.24) is 10.2 Å². The lowest BCUT2D eigenvalue weighted by Crippen LogP contribution is -2.53. The van der Waals surface area contributed by atoms with Gasteiger partial charge in [0.15, 0.2) is 0 Å². The minimum Gasteiger partial charge on any atom is -0.352 e. The lowest BCUT2D eigenvalue weighted by molar-refractivity contribution is -0.141. The number of carbonyl (C=O) groups excluding carboxylic acids is 2. The molecule has 0 radical (unpaired) electrons. The molecule has 0 saturated heterocycles. The maximum absolute atomic E-state index is 14.2. The molecule has 1 unspecified atom stereocenters. The predicted octanol–water partition coefficient (Wildman–Crippen LogP) is 7.25. The Morgan fingerprint density at radius 3 is 2.24 bits per heavy atom. The summed E-state index contributed by atoms with van der Waals surface area (Å²) in [4.78, 5) is 29.8. The fraction of sp³-hybridized carbons (Fsp3) is 0.429. The van der Waals surface area contributed by atoms with Crippen molar-refractivity contribution in [3.05, 3.63) is 99.0 Å². The Hall–Kier alpha value is -3.07. The Balaban J connectivity index is 1.64. The van der Waals surface area contributed by atoms with Gasteiger partial charge in [-0.05, 0) is 68.0 Å². The van der Waals surface area contributed by atoms with Crippen LogP contribution < -0.4 is 9.62 Å². The number of rotatable bonds is 13. The third-order valence-corrected chi connectivity index (χ3v) is 10.3. The number of amides is 2. The van der Waals surface area contributed by atoms with E-state index in [-0.39, 0.29) is 43.8 Å². The summed E-state index contributed by atoms with van der Waals surface area (Å²) in [6, 6.07) is 19.7. The summed E-state index contributed by atoms with van der Waals surface area (Å²) < 4.78 is 27.1. The maximum Gasteiger partial charge on any atom is 0.243 e. The summed E-state index contributed by atoms with van der Waals surface area (Å²) in [6.45, 7) is 3.94. The van der Waals surface area contributed by atoms with Gasteiger partial charge in [0.1, 0.15) is 6.04 Å². The van der Waals surface area contributed by atoms with Crippen LogP contribution in [0.15, 0.2) is 66.7 Å². The van der Waals surface area contributed by atoms with E-state index in [1.807, 2.05) is 62.4 Å². The van der Waals surface area contributed by atoms with Gasteiger partial charge >= 0.3 is 0 Å². The Bertz CT molecular complexity index is 1560. The van der Waals surface area contributed by atoms with Crippen LogP contribution in [0.3, 0.4) is 0 Å². The molecule has 3 aromatic rings. The summed E-state index contributed by atoms with van der Waals surface area (Å²) in [6.07, 6.45) is 6.87. The average molecular weight is 673 g/mol. The number of hydrogen-bond donors (Lipinski definition) is 1. The van der Waals surface area contributed by atoms with E-state index in [4.69, 9.17) is 23.2 Å². The summed E-state index contributed by atoms with van der Waals surface area (Å²) in [5, 5.41) is 4.04. The Morgan fingerprint density at radius 1 is 0.933 bits per heavy atom. The van der Waals surface area contributed by atoms with Gasteiger partial charge < -0.3 is 10.2 Å². The summed E-state index contributed by atoms with van der Waals surface area (Å²) in [7, 11) is -3.61. The lowest BCUT2D eigenvalue weighted by atomic mass is 9.94. The van der Waals surface area contributed by atoms with Crippen molar-refractivity contribution in [3.63, 3.8) is 0 Å². The quantitative estimate of drug-likeness (QED) is 0.207. The van der Waals surface area contributed by atoms with Crippen molar-refractivity contribution in [2.75, 3.05) is 17.1 Å². The number of anilines is 1. The molecule has 7 nitrogen and oxygen atoms in total. The van der Waals surface area contributed by atoms with Gasteiger partial charge in [0.05, 0.1) is 11.9 Å². The second-order valence-corrected chi connectivity index (χ2v) is 14.7. The van der Waals surface area contributed by atoms with Crippen molar-refractivity contribution in [1.29, 1.82) is 0 Å². The first-order chi connectivity index (χ1) is 21.4. The third kappa shape index (κ3) is 9.71. The van der Waals surface area contributed by atoms with Gasteiger partial charge in [-0.2, -0.15) is 0 Å². The highest BCUT2D eigenvalue weighted by molar-refractivity contribution is 7.92. The second-order valence-electron chi connectivity index (χ2n) is 12.0. The monoisotopic (exact) mass is 671 g/mol. The second kappa shape index (κ2) is 16.0. The van der Waals surface area contributed by atoms with Crippen LogP contribution in [0.2, 0.25) is 10.0 Å². The predicted molar refractivity (Wildman–Crippen MR) is 183 cm³/mol. The van der Waals surface area contributed by atoms with Gasteiger partial charge in [0, 0.05) is 47.6 Å². The summed E-state index contributed by atoms with van der Waals surface area (Å²) in [5.41, 5.74) is 3.84. The first-order valence-electron chi connectivity index (χ1n) is 15.6. The van der Waals surface area contributed by atoms with Crippen molar-refractivity contribution >= 4 is 50.7 Å². The highest BCUT2D eigenvalue weighted by Gasteiger charge is 2.33. The van der Waals surface area contributed by atoms with Gasteiger partial charge in [-0.3, -0.25) is 13.9 Å². The number of sulfonamides is 1. The molecule has 1 saturated carbocycles. The SMILES string of the molecule is Cc1ccc(C)c(N(CCCC(=O)N(Cc2c(Cl)cccc2Cl)C(Cc2ccccc2)C(=O)NC2CCCCC2)S(C)(=O)=O)c1. The molecule has 0 spiro atoms. The number of hydrogen-bond acceptors (Lipinski definition) is 4. The summed E-state index contributed by atoms with van der Waals surface area (Å²) >= 11 is 13.1. The van der Waals surface area contributed by atoms with E-state index in [0.29, 0.717) is 27.7 Å². The zero-order valence-corrected chi connectivity index (χ0v) is 28.6. The van der Waals surface area contributed by atoms with Gasteiger partial charge in [0.25, 0.3) is 0 Å². The molecule has 242 valence electrons. The van der Waals surface area contributed by atoms with E-state index in [9.17, 15) is 18.0 Å². The van der Waals surface area contributed by atoms with E-state index < -0.39 is 16.1 Å². The molecule has 1 atom stereocenters. The van der Waals surface area contributed by atoms with Crippen molar-refractivity contribution < 1.29 is 18.0 Å². The molecular weight excluding hydrogens is 629 g/mol. The first-order valence-corrected chi connectivity index (χ1v) is 18.2. The fourth-order valence-corrected chi connectivity index (χ4v) is 7.45. The van der Waals surface area contributed by atoms with E-state index in [1.54, 1.807) is 23.1 Å². The van der Waals surface area contributed by atoms with Gasteiger partial charge in [-0.15, -0.1) is 0 Å². The molecule has 0 aromatic heterocycles. The van der Waals surface area contributed by atoms with Crippen molar-refractivity contribution in [3.8, 4) is 0 Å². The fourth-order valence-electron chi connectivity index (χ4n) is 5.92.